The van der Waals surface area contributed by atoms with Crippen LogP contribution in [0, 0.1) is 5.92 Å². The standard InChI is InChI=1S/C16H21N3OS.ClH/c1-11-7-19(9-15(11)17)8-13-10-21-16(18-13)12-3-5-14(20-2)6-4-12;/h3-6,10-11,15H,7-9,17H2,1-2H3;1H. The molecule has 3 rings (SSSR count). The highest BCUT2D eigenvalue weighted by Gasteiger charge is 2.26. The second-order valence-electron chi connectivity index (χ2n) is 5.71. The third kappa shape index (κ3) is 3.79. The molecular weight excluding hydrogens is 318 g/mol. The normalized spacial score (nSPS) is 21.6. The van der Waals surface area contributed by atoms with Crippen molar-refractivity contribution in [2.75, 3.05) is 20.2 Å². The van der Waals surface area contributed by atoms with Crippen molar-refractivity contribution in [2.24, 2.45) is 11.7 Å². The molecule has 1 fully saturated rings. The number of hydrogen-bond donors (Lipinski definition) is 1. The molecule has 120 valence electrons. The molecule has 4 nitrogen and oxygen atoms in total. The summed E-state index contributed by atoms with van der Waals surface area (Å²) in [5.41, 5.74) is 8.34. The Hall–Kier alpha value is -1.14. The first-order valence-corrected chi connectivity index (χ1v) is 8.10. The summed E-state index contributed by atoms with van der Waals surface area (Å²) in [6.07, 6.45) is 0. The second kappa shape index (κ2) is 7.42. The van der Waals surface area contributed by atoms with E-state index in [-0.39, 0.29) is 12.4 Å². The Balaban J connectivity index is 0.00000176. The molecule has 1 aliphatic rings. The van der Waals surface area contributed by atoms with E-state index in [9.17, 15) is 0 Å². The van der Waals surface area contributed by atoms with Gasteiger partial charge in [-0.05, 0) is 30.2 Å². The lowest BCUT2D eigenvalue weighted by Crippen LogP contribution is -2.28. The molecule has 2 heterocycles. The third-order valence-electron chi connectivity index (χ3n) is 4.02. The smallest absolute Gasteiger partial charge is 0.123 e. The summed E-state index contributed by atoms with van der Waals surface area (Å²) >= 11 is 1.69. The maximum absolute atomic E-state index is 6.07. The van der Waals surface area contributed by atoms with Crippen LogP contribution in [-0.4, -0.2) is 36.1 Å². The van der Waals surface area contributed by atoms with Crippen molar-refractivity contribution in [1.82, 2.24) is 9.88 Å². The number of ether oxygens (including phenoxy) is 1. The number of thiazole rings is 1. The molecule has 22 heavy (non-hydrogen) atoms. The summed E-state index contributed by atoms with van der Waals surface area (Å²) in [6, 6.07) is 8.34. The highest BCUT2D eigenvalue weighted by atomic mass is 35.5. The lowest BCUT2D eigenvalue weighted by Gasteiger charge is -2.12. The van der Waals surface area contributed by atoms with Gasteiger partial charge in [-0.15, -0.1) is 23.7 Å². The largest absolute Gasteiger partial charge is 0.497 e. The maximum Gasteiger partial charge on any atom is 0.123 e. The molecule has 1 saturated heterocycles. The van der Waals surface area contributed by atoms with Crippen LogP contribution in [0.5, 0.6) is 5.75 Å². The number of methoxy groups -OCH3 is 1. The zero-order valence-corrected chi connectivity index (χ0v) is 14.5. The van der Waals surface area contributed by atoms with Gasteiger partial charge < -0.3 is 10.5 Å². The van der Waals surface area contributed by atoms with Crippen molar-refractivity contribution in [2.45, 2.75) is 19.5 Å². The van der Waals surface area contributed by atoms with Crippen LogP contribution in [-0.2, 0) is 6.54 Å². The fraction of sp³-hybridized carbons (Fsp3) is 0.438. The first-order valence-electron chi connectivity index (χ1n) is 7.22. The molecule has 1 aromatic heterocycles. The van der Waals surface area contributed by atoms with Crippen molar-refractivity contribution in [3.8, 4) is 16.3 Å². The highest BCUT2D eigenvalue weighted by molar-refractivity contribution is 7.13. The molecular formula is C16H22ClN3OS. The molecule has 1 aromatic carbocycles. The molecule has 2 unspecified atom stereocenters. The van der Waals surface area contributed by atoms with E-state index in [1.165, 1.54) is 0 Å². The number of hydrogen-bond acceptors (Lipinski definition) is 5. The topological polar surface area (TPSA) is 51.4 Å². The monoisotopic (exact) mass is 339 g/mol. The number of nitrogens with two attached hydrogens (primary N) is 1. The van der Waals surface area contributed by atoms with Gasteiger partial charge in [0.25, 0.3) is 0 Å². The molecule has 2 aromatic rings. The van der Waals surface area contributed by atoms with E-state index in [0.717, 1.165) is 41.6 Å². The molecule has 6 heteroatoms. The van der Waals surface area contributed by atoms with E-state index in [4.69, 9.17) is 15.5 Å². The second-order valence-corrected chi connectivity index (χ2v) is 6.57. The Labute approximate surface area is 141 Å². The van der Waals surface area contributed by atoms with Gasteiger partial charge in [-0.3, -0.25) is 4.90 Å². The van der Waals surface area contributed by atoms with Gasteiger partial charge in [-0.2, -0.15) is 0 Å². The Morgan fingerprint density at radius 3 is 2.64 bits per heavy atom. The molecule has 0 spiro atoms. The van der Waals surface area contributed by atoms with Crippen LogP contribution in [0.4, 0.5) is 0 Å². The fourth-order valence-corrected chi connectivity index (χ4v) is 3.52. The van der Waals surface area contributed by atoms with Crippen LogP contribution in [0.3, 0.4) is 0 Å². The van der Waals surface area contributed by atoms with Gasteiger partial charge in [0.1, 0.15) is 10.8 Å². The fourth-order valence-electron chi connectivity index (χ4n) is 2.70. The first kappa shape index (κ1) is 17.2. The predicted octanol–water partition coefficient (Wildman–Crippen LogP) is 3.02. The Morgan fingerprint density at radius 1 is 1.32 bits per heavy atom. The Kier molecular flexibility index (Phi) is 5.81. The van der Waals surface area contributed by atoms with Gasteiger partial charge in [0.15, 0.2) is 0 Å². The van der Waals surface area contributed by atoms with E-state index >= 15 is 0 Å². The van der Waals surface area contributed by atoms with Crippen LogP contribution < -0.4 is 10.5 Å². The van der Waals surface area contributed by atoms with E-state index in [0.29, 0.717) is 12.0 Å². The van der Waals surface area contributed by atoms with Gasteiger partial charge in [0, 0.05) is 36.6 Å². The van der Waals surface area contributed by atoms with Crippen molar-refractivity contribution >= 4 is 23.7 Å². The molecule has 0 bridgehead atoms. The van der Waals surface area contributed by atoms with Crippen LogP contribution in [0.25, 0.3) is 10.6 Å². The van der Waals surface area contributed by atoms with Crippen molar-refractivity contribution in [1.29, 1.82) is 0 Å². The number of rotatable bonds is 4. The number of nitrogens with zero attached hydrogens (tertiary/aromatic N) is 2. The minimum Gasteiger partial charge on any atom is -0.497 e. The van der Waals surface area contributed by atoms with E-state index < -0.39 is 0 Å². The molecule has 2 atom stereocenters. The van der Waals surface area contributed by atoms with Gasteiger partial charge >= 0.3 is 0 Å². The van der Waals surface area contributed by atoms with Crippen molar-refractivity contribution in [3.63, 3.8) is 0 Å². The van der Waals surface area contributed by atoms with E-state index in [1.54, 1.807) is 18.4 Å². The average Bonchev–Trinajstić information content (AvgIpc) is 3.07. The number of likely N-dealkylation sites (tertiary alicyclic amines) is 1. The number of halogens is 1. The minimum absolute atomic E-state index is 0. The summed E-state index contributed by atoms with van der Waals surface area (Å²) in [4.78, 5) is 7.14. The zero-order chi connectivity index (χ0) is 14.8. The molecule has 0 aliphatic carbocycles. The Morgan fingerprint density at radius 2 is 2.05 bits per heavy atom. The van der Waals surface area contributed by atoms with Crippen LogP contribution >= 0.6 is 23.7 Å². The minimum atomic E-state index is 0. The summed E-state index contributed by atoms with van der Waals surface area (Å²) in [6.45, 7) is 5.15. The average molecular weight is 340 g/mol. The summed E-state index contributed by atoms with van der Waals surface area (Å²) < 4.78 is 5.18. The first-order chi connectivity index (χ1) is 10.2. The predicted molar refractivity (Wildman–Crippen MR) is 93.8 cm³/mol. The van der Waals surface area contributed by atoms with Crippen molar-refractivity contribution in [3.05, 3.63) is 35.3 Å². The number of benzene rings is 1. The quantitative estimate of drug-likeness (QED) is 0.930. The Bertz CT molecular complexity index is 592. The van der Waals surface area contributed by atoms with Gasteiger partial charge in [-0.25, -0.2) is 4.98 Å². The third-order valence-corrected chi connectivity index (χ3v) is 4.96. The maximum atomic E-state index is 6.07. The SMILES string of the molecule is COc1ccc(-c2nc(CN3CC(C)C(N)C3)cs2)cc1.Cl. The number of aromatic nitrogens is 1. The highest BCUT2D eigenvalue weighted by Crippen LogP contribution is 2.27. The van der Waals surface area contributed by atoms with Crippen LogP contribution in [0.2, 0.25) is 0 Å². The van der Waals surface area contributed by atoms with E-state index in [1.807, 2.05) is 12.1 Å². The molecule has 0 radical (unpaired) electrons. The molecule has 0 saturated carbocycles. The molecule has 1 aliphatic heterocycles. The lowest BCUT2D eigenvalue weighted by atomic mass is 10.1. The van der Waals surface area contributed by atoms with Crippen LogP contribution in [0.15, 0.2) is 29.6 Å². The summed E-state index contributed by atoms with van der Waals surface area (Å²) in [5.74, 6) is 1.44. The summed E-state index contributed by atoms with van der Waals surface area (Å²) in [7, 11) is 1.68. The molecule has 2 N–H and O–H groups in total. The van der Waals surface area contributed by atoms with Gasteiger partial charge in [-0.1, -0.05) is 6.92 Å². The zero-order valence-electron chi connectivity index (χ0n) is 12.9. The summed E-state index contributed by atoms with van der Waals surface area (Å²) in [5, 5.41) is 3.21. The lowest BCUT2D eigenvalue weighted by molar-refractivity contribution is 0.315. The van der Waals surface area contributed by atoms with Crippen LogP contribution in [0.1, 0.15) is 12.6 Å². The van der Waals surface area contributed by atoms with Gasteiger partial charge in [0.2, 0.25) is 0 Å². The van der Waals surface area contributed by atoms with Gasteiger partial charge in [0.05, 0.1) is 12.8 Å². The molecule has 0 amide bonds. The van der Waals surface area contributed by atoms with Crippen molar-refractivity contribution < 1.29 is 4.74 Å². The van der Waals surface area contributed by atoms with E-state index in [2.05, 4.69) is 29.3 Å².